The van der Waals surface area contributed by atoms with Crippen molar-refractivity contribution in [1.82, 2.24) is 49.4 Å². The number of thiocarbonyl (C=S) groups is 5. The van der Waals surface area contributed by atoms with Crippen molar-refractivity contribution in [1.29, 1.82) is 0 Å². The summed E-state index contributed by atoms with van der Waals surface area (Å²) in [5.74, 6) is -3.32. The summed E-state index contributed by atoms with van der Waals surface area (Å²) in [5.41, 5.74) is 4.41. The Balaban J connectivity index is 0.000000218. The quantitative estimate of drug-likeness (QED) is 0.0262. The average molecular weight is 1590 g/mol. The highest BCUT2D eigenvalue weighted by molar-refractivity contribution is 7.81. The molecule has 5 aromatic rings. The predicted molar refractivity (Wildman–Crippen MR) is 460 cm³/mol. The molecular weight excluding hydrogens is 1510 g/mol. The van der Waals surface area contributed by atoms with Gasteiger partial charge in [-0.3, -0.25) is 97.4 Å². The molecule has 0 spiro atoms. The fraction of sp³-hybridized carbons (Fsp3) is 0.151. The van der Waals surface area contributed by atoms with Crippen molar-refractivity contribution in [3.63, 3.8) is 0 Å². The minimum Gasteiger partial charge on any atom is -0.465 e. The average Bonchev–Trinajstić information content (AvgIpc) is 0.821. The molecule has 5 fully saturated rings. The van der Waals surface area contributed by atoms with E-state index in [2.05, 4.69) is 38.2 Å². The van der Waals surface area contributed by atoms with E-state index in [0.29, 0.717) is 31.9 Å². The van der Waals surface area contributed by atoms with Gasteiger partial charge in [0, 0.05) is 58.9 Å². The minimum atomic E-state index is -0.456. The van der Waals surface area contributed by atoms with Gasteiger partial charge in [-0.25, -0.2) is 0 Å². The SMILES string of the molecule is C=CCN1C(=O)/C(=C\C=C\c2ccccc2)C(=O)N(CC)C1=S.C=CCN1C(=O)C(=C/C=C/c2ccccc2)C(=O)N(CC=C)C1=S.C=CCN1C(=O)C(=C/C=C/c2ccco2)C(=O)N(CC=C)C1=S.CCN1C(=O)/C(=C\C=C\c2ccccc2)C(=O)NC1=S.CCN1C(=O)C(=C/C=C/c2ccccc2)C(=O)N(CC)C1=S. The summed E-state index contributed by atoms with van der Waals surface area (Å²) >= 11 is 25.8. The summed E-state index contributed by atoms with van der Waals surface area (Å²) in [6.45, 7) is 28.4. The summed E-state index contributed by atoms with van der Waals surface area (Å²) < 4.78 is 5.16. The third kappa shape index (κ3) is 23.7. The van der Waals surface area contributed by atoms with Crippen LogP contribution < -0.4 is 5.32 Å². The lowest BCUT2D eigenvalue weighted by molar-refractivity contribution is -0.135. The monoisotopic (exact) mass is 1590 g/mol. The van der Waals surface area contributed by atoms with Crippen molar-refractivity contribution in [3.05, 3.63) is 320 Å². The number of allylic oxidation sites excluding steroid dienone is 10. The summed E-state index contributed by atoms with van der Waals surface area (Å²) in [6.07, 6.45) is 34.4. The highest BCUT2D eigenvalue weighted by Crippen LogP contribution is 2.24. The van der Waals surface area contributed by atoms with Gasteiger partial charge in [0.1, 0.15) is 33.6 Å². The van der Waals surface area contributed by atoms with E-state index in [-0.39, 0.29) is 116 Å². The van der Waals surface area contributed by atoms with Crippen molar-refractivity contribution in [2.45, 2.75) is 27.7 Å². The molecule has 6 heterocycles. The molecule has 1 N–H and O–H groups in total. The van der Waals surface area contributed by atoms with Crippen molar-refractivity contribution in [2.75, 3.05) is 58.9 Å². The number of hydrogen-bond acceptors (Lipinski definition) is 16. The maximum atomic E-state index is 12.5. The van der Waals surface area contributed by atoms with Crippen molar-refractivity contribution in [2.24, 2.45) is 0 Å². The Kier molecular flexibility index (Phi) is 35.8. The van der Waals surface area contributed by atoms with Gasteiger partial charge in [0.2, 0.25) is 0 Å². The minimum absolute atomic E-state index is 0.0325. The Labute approximate surface area is 679 Å². The second-order valence-electron chi connectivity index (χ2n) is 23.5. The molecule has 0 atom stereocenters. The molecule has 5 saturated heterocycles. The zero-order valence-corrected chi connectivity index (χ0v) is 66.4. The van der Waals surface area contributed by atoms with Crippen LogP contribution in [0.5, 0.6) is 0 Å². The van der Waals surface area contributed by atoms with Crippen molar-refractivity contribution < 1.29 is 52.4 Å². The maximum absolute atomic E-state index is 12.5. The normalized spacial score (nSPS) is 16.3. The topological polar surface area (TPSA) is 225 Å². The van der Waals surface area contributed by atoms with Crippen LogP contribution in [0, 0.1) is 0 Å². The fourth-order valence-electron chi connectivity index (χ4n) is 10.6. The van der Waals surface area contributed by atoms with Crippen LogP contribution in [0.1, 0.15) is 55.7 Å². The summed E-state index contributed by atoms with van der Waals surface area (Å²) in [6, 6.07) is 42.1. The third-order valence-corrected chi connectivity index (χ3v) is 18.2. The van der Waals surface area contributed by atoms with E-state index in [1.807, 2.05) is 166 Å². The lowest BCUT2D eigenvalue weighted by Crippen LogP contribution is -2.56. The molecule has 4 aromatic carbocycles. The molecule has 0 aliphatic carbocycles. The first kappa shape index (κ1) is 88.3. The van der Waals surface area contributed by atoms with Crippen LogP contribution in [0.3, 0.4) is 0 Å². The zero-order valence-electron chi connectivity index (χ0n) is 62.3. The number of nitrogens with one attached hydrogen (secondary N) is 1. The van der Waals surface area contributed by atoms with Gasteiger partial charge in [-0.15, -0.1) is 32.9 Å². The van der Waals surface area contributed by atoms with E-state index in [1.54, 1.807) is 98.2 Å². The van der Waals surface area contributed by atoms with Crippen molar-refractivity contribution >= 4 is 176 Å². The molecule has 1 aromatic heterocycles. The smallest absolute Gasteiger partial charge is 0.265 e. The van der Waals surface area contributed by atoms with Gasteiger partial charge < -0.3 is 4.42 Å². The molecule has 5 aliphatic rings. The van der Waals surface area contributed by atoms with Crippen LogP contribution in [0.15, 0.2) is 296 Å². The van der Waals surface area contributed by atoms with Crippen molar-refractivity contribution in [3.8, 4) is 0 Å². The molecular formula is C86H84N10O11S5. The molecule has 112 heavy (non-hydrogen) atoms. The van der Waals surface area contributed by atoms with Gasteiger partial charge >= 0.3 is 0 Å². The Morgan fingerprint density at radius 1 is 0.304 bits per heavy atom. The maximum Gasteiger partial charge on any atom is 0.265 e. The van der Waals surface area contributed by atoms with Gasteiger partial charge in [-0.1, -0.05) is 206 Å². The Bertz CT molecular complexity index is 4670. The number of rotatable bonds is 24. The number of furan rings is 1. The molecule has 0 saturated carbocycles. The molecule has 21 nitrogen and oxygen atoms in total. The molecule has 5 aliphatic heterocycles. The highest BCUT2D eigenvalue weighted by Gasteiger charge is 2.42. The number of carbonyl (C=O) groups excluding carboxylic acids is 10. The first-order valence-corrected chi connectivity index (χ1v) is 37.1. The first-order valence-electron chi connectivity index (χ1n) is 35.1. The molecule has 0 unspecified atom stereocenters. The van der Waals surface area contributed by atoms with E-state index in [4.69, 9.17) is 65.5 Å². The van der Waals surface area contributed by atoms with Crippen LogP contribution in [0.2, 0.25) is 0 Å². The number of benzene rings is 4. The van der Waals surface area contributed by atoms with Crippen LogP contribution in [-0.2, 0) is 47.9 Å². The molecule has 0 bridgehead atoms. The van der Waals surface area contributed by atoms with E-state index in [9.17, 15) is 47.9 Å². The summed E-state index contributed by atoms with van der Waals surface area (Å²) in [7, 11) is 0. The van der Waals surface area contributed by atoms with Gasteiger partial charge in [-0.05, 0) is 160 Å². The Morgan fingerprint density at radius 2 is 0.536 bits per heavy atom. The number of amides is 10. The lowest BCUT2D eigenvalue weighted by atomic mass is 10.1. The molecule has 10 rings (SSSR count). The first-order chi connectivity index (χ1) is 54.0. The largest absolute Gasteiger partial charge is 0.465 e. The standard InChI is InChI=1S/C19H18N2O2S.C18H18N2O2S.C17H16N2O3S.C17H18N2O2S.C15H14N2O2S/c1-3-13-20-17(22)16(18(23)21(14-4-2)19(20)24)12-8-11-15-9-6-5-7-10-15;1-3-13-20-17(22)15(16(21)19(4-2)18(20)23)12-8-11-14-9-6-5-7-10-14;1-3-10-18-15(20)14(9-5-7-13-8-6-12-22-13)16(21)19(11-4-2)17(18)23;1-3-18-15(20)14(16(21)19(4-2)17(18)22)12-8-11-13-9-6-5-7-10-13;1-2-17-14(19)12(13(18)16-15(17)20)10-6-9-11-7-4-3-5-8-11/h3-12H,1-2,13-14H2;3,5-12H,1,4,13H2,2H3;3-9,12H,1-2,10-11H2;5-12H,3-4H2,1-2H3;3-10H,2H2,1H3,(H,16,18,20)/b11-8+;11-8+,15-12-;7-5+;11-8+;9-6+,12-10-. The van der Waals surface area contributed by atoms with Crippen LogP contribution >= 0.6 is 61.1 Å². The molecule has 574 valence electrons. The molecule has 0 radical (unpaired) electrons. The summed E-state index contributed by atoms with van der Waals surface area (Å²) in [4.78, 5) is 136. The van der Waals surface area contributed by atoms with Crippen LogP contribution in [0.25, 0.3) is 30.4 Å². The summed E-state index contributed by atoms with van der Waals surface area (Å²) in [5, 5.41) is 3.51. The predicted octanol–water partition coefficient (Wildman–Crippen LogP) is 12.8. The van der Waals surface area contributed by atoms with Gasteiger partial charge in [0.15, 0.2) is 25.6 Å². The molecule has 10 amide bonds. The fourth-order valence-corrected chi connectivity index (χ4v) is 12.3. The highest BCUT2D eigenvalue weighted by atomic mass is 32.1. The Hall–Kier alpha value is -12.6. The third-order valence-electron chi connectivity index (χ3n) is 16.1. The van der Waals surface area contributed by atoms with Gasteiger partial charge in [0.25, 0.3) is 59.1 Å². The molecule has 26 heteroatoms. The second-order valence-corrected chi connectivity index (χ2v) is 25.3. The zero-order chi connectivity index (χ0) is 81.8. The van der Waals surface area contributed by atoms with E-state index in [1.165, 1.54) is 68.4 Å². The number of likely N-dealkylation sites (N-methyl/N-ethyl adjacent to an activating group) is 4. The second kappa shape index (κ2) is 45.4. The number of hydrogen-bond donors (Lipinski definition) is 1. The van der Waals surface area contributed by atoms with Crippen LogP contribution in [0.4, 0.5) is 0 Å². The van der Waals surface area contributed by atoms with E-state index < -0.39 is 29.5 Å². The van der Waals surface area contributed by atoms with Gasteiger partial charge in [-0.2, -0.15) is 0 Å². The van der Waals surface area contributed by atoms with E-state index in [0.717, 1.165) is 22.3 Å². The Morgan fingerprint density at radius 3 is 0.786 bits per heavy atom. The van der Waals surface area contributed by atoms with Crippen LogP contribution in [-0.4, -0.2) is 188 Å². The van der Waals surface area contributed by atoms with Gasteiger partial charge in [0.05, 0.1) is 6.26 Å². The number of carbonyl (C=O) groups is 10. The van der Waals surface area contributed by atoms with E-state index >= 15 is 0 Å². The number of nitrogens with zero attached hydrogens (tertiary/aromatic N) is 9. The lowest BCUT2D eigenvalue weighted by Gasteiger charge is -2.35.